The number of likely N-dealkylation sites (tertiary alicyclic amines) is 1. The van der Waals surface area contributed by atoms with Gasteiger partial charge in [0.05, 0.1) is 12.8 Å². The van der Waals surface area contributed by atoms with Gasteiger partial charge in [0, 0.05) is 72.2 Å². The van der Waals surface area contributed by atoms with Crippen molar-refractivity contribution in [2.45, 2.75) is 58.8 Å². The predicted octanol–water partition coefficient (Wildman–Crippen LogP) is 4.97. The summed E-state index contributed by atoms with van der Waals surface area (Å²) in [5.41, 5.74) is 11.5. The molecule has 0 amide bonds. The van der Waals surface area contributed by atoms with Crippen LogP contribution in [0.3, 0.4) is 0 Å². The molecule has 0 spiro atoms. The minimum atomic E-state index is 0.404. The van der Waals surface area contributed by atoms with Gasteiger partial charge >= 0.3 is 0 Å². The molecule has 0 aliphatic carbocycles. The molecular weight excluding hydrogens is 462 g/mol. The molecule has 194 valence electrons. The van der Waals surface area contributed by atoms with Crippen LogP contribution in [0.1, 0.15) is 47.7 Å². The van der Waals surface area contributed by atoms with Crippen molar-refractivity contribution in [1.82, 2.24) is 19.8 Å². The van der Waals surface area contributed by atoms with Crippen LogP contribution in [0.15, 0.2) is 49.2 Å². The first-order valence-electron chi connectivity index (χ1n) is 12.9. The Hall–Kier alpha value is -3.62. The van der Waals surface area contributed by atoms with Crippen molar-refractivity contribution in [2.24, 2.45) is 5.84 Å². The van der Waals surface area contributed by atoms with Gasteiger partial charge in [-0.3, -0.25) is 10.7 Å². The minimum absolute atomic E-state index is 0.404. The number of benzene rings is 2. The molecule has 1 fully saturated rings. The average molecular weight is 500 g/mol. The molecule has 3 heterocycles. The lowest BCUT2D eigenvalue weighted by Crippen LogP contribution is -2.46. The number of rotatable bonds is 7. The van der Waals surface area contributed by atoms with Gasteiger partial charge in [-0.15, -0.1) is 0 Å². The van der Waals surface area contributed by atoms with Gasteiger partial charge < -0.3 is 20.4 Å². The standard InChI is InChI=1S/C29H37N7O/c1-18-10-24(14-26(11-18)37-5)32-29-31-15-22-16-35(17-28(22)33-29)25-8-9-36(20(3)13-25)21(4)27-7-6-23(34-30)12-19(27)2/h6-7,10-12,14-15,20,25,34H,4,8-9,13,16-17,30H2,1-3,5H3,(H,31,32,33)/t20-,25-/m1/s1. The number of piperidine rings is 1. The zero-order valence-electron chi connectivity index (χ0n) is 22.2. The fraction of sp³-hybridized carbons (Fsp3) is 0.379. The second kappa shape index (κ2) is 10.4. The monoisotopic (exact) mass is 499 g/mol. The largest absolute Gasteiger partial charge is 0.497 e. The Bertz CT molecular complexity index is 1310. The number of hydrogen-bond donors (Lipinski definition) is 3. The van der Waals surface area contributed by atoms with Crippen molar-refractivity contribution in [2.75, 3.05) is 24.4 Å². The third-order valence-corrected chi connectivity index (χ3v) is 7.64. The van der Waals surface area contributed by atoms with E-state index in [0.29, 0.717) is 18.0 Å². The van der Waals surface area contributed by atoms with Crippen molar-refractivity contribution in [3.63, 3.8) is 0 Å². The summed E-state index contributed by atoms with van der Waals surface area (Å²) in [6, 6.07) is 13.1. The first-order chi connectivity index (χ1) is 17.8. The van der Waals surface area contributed by atoms with Gasteiger partial charge in [0.1, 0.15) is 5.75 Å². The molecule has 0 saturated carbocycles. The van der Waals surface area contributed by atoms with Crippen LogP contribution in [-0.2, 0) is 13.1 Å². The van der Waals surface area contributed by atoms with Crippen LogP contribution in [0.5, 0.6) is 5.75 Å². The first-order valence-corrected chi connectivity index (χ1v) is 12.9. The van der Waals surface area contributed by atoms with Crippen LogP contribution in [-0.4, -0.2) is 45.5 Å². The number of nitrogen functional groups attached to an aromatic ring is 1. The number of hydrazine groups is 1. The molecule has 0 unspecified atom stereocenters. The summed E-state index contributed by atoms with van der Waals surface area (Å²) in [5, 5.41) is 3.35. The number of aryl methyl sites for hydroxylation is 2. The van der Waals surface area contributed by atoms with Crippen molar-refractivity contribution >= 4 is 23.0 Å². The highest BCUT2D eigenvalue weighted by Crippen LogP contribution is 2.34. The van der Waals surface area contributed by atoms with Gasteiger partial charge in [0.15, 0.2) is 0 Å². The zero-order valence-corrected chi connectivity index (χ0v) is 22.2. The summed E-state index contributed by atoms with van der Waals surface area (Å²) in [4.78, 5) is 14.5. The van der Waals surface area contributed by atoms with Crippen LogP contribution >= 0.6 is 0 Å². The quantitative estimate of drug-likeness (QED) is 0.310. The molecule has 8 heteroatoms. The van der Waals surface area contributed by atoms with E-state index in [2.05, 4.69) is 64.2 Å². The number of anilines is 3. The lowest BCUT2D eigenvalue weighted by atomic mass is 9.94. The molecule has 2 aromatic carbocycles. The summed E-state index contributed by atoms with van der Waals surface area (Å²) in [5.74, 6) is 7.01. The van der Waals surface area contributed by atoms with Gasteiger partial charge in [0.2, 0.25) is 5.95 Å². The number of fused-ring (bicyclic) bond motifs is 1. The maximum Gasteiger partial charge on any atom is 0.227 e. The smallest absolute Gasteiger partial charge is 0.227 e. The number of nitrogens with zero attached hydrogens (tertiary/aromatic N) is 4. The van der Waals surface area contributed by atoms with E-state index in [1.54, 1.807) is 7.11 Å². The Kier molecular flexibility index (Phi) is 7.04. The second-order valence-corrected chi connectivity index (χ2v) is 10.3. The molecular formula is C29H37N7O. The fourth-order valence-corrected chi connectivity index (χ4v) is 5.68. The number of methoxy groups -OCH3 is 1. The predicted molar refractivity (Wildman–Crippen MR) is 150 cm³/mol. The highest BCUT2D eigenvalue weighted by Gasteiger charge is 2.34. The highest BCUT2D eigenvalue weighted by atomic mass is 16.5. The number of hydrogen-bond acceptors (Lipinski definition) is 8. The third kappa shape index (κ3) is 5.26. The fourth-order valence-electron chi connectivity index (χ4n) is 5.68. The molecule has 8 nitrogen and oxygen atoms in total. The van der Waals surface area contributed by atoms with Crippen molar-refractivity contribution in [1.29, 1.82) is 0 Å². The molecule has 3 aromatic rings. The van der Waals surface area contributed by atoms with Gasteiger partial charge in [-0.05, 0) is 69.0 Å². The van der Waals surface area contributed by atoms with E-state index in [1.807, 2.05) is 31.3 Å². The normalized spacial score (nSPS) is 19.4. The average Bonchev–Trinajstić information content (AvgIpc) is 3.31. The van der Waals surface area contributed by atoms with E-state index in [0.717, 1.165) is 66.6 Å². The van der Waals surface area contributed by atoms with Gasteiger partial charge in [-0.1, -0.05) is 12.6 Å². The van der Waals surface area contributed by atoms with Gasteiger partial charge in [-0.2, -0.15) is 0 Å². The Balaban J connectivity index is 1.22. The van der Waals surface area contributed by atoms with Gasteiger partial charge in [-0.25, -0.2) is 9.97 Å². The Morgan fingerprint density at radius 3 is 2.70 bits per heavy atom. The minimum Gasteiger partial charge on any atom is -0.497 e. The number of ether oxygens (including phenoxy) is 1. The van der Waals surface area contributed by atoms with E-state index in [4.69, 9.17) is 15.6 Å². The highest BCUT2D eigenvalue weighted by molar-refractivity contribution is 5.68. The summed E-state index contributed by atoms with van der Waals surface area (Å²) < 4.78 is 5.40. The Morgan fingerprint density at radius 1 is 1.14 bits per heavy atom. The van der Waals surface area contributed by atoms with E-state index in [-0.39, 0.29) is 0 Å². The molecule has 37 heavy (non-hydrogen) atoms. The molecule has 0 bridgehead atoms. The zero-order chi connectivity index (χ0) is 26.1. The van der Waals surface area contributed by atoms with Crippen LogP contribution in [0.25, 0.3) is 5.70 Å². The molecule has 4 N–H and O–H groups in total. The number of nitrogens with one attached hydrogen (secondary N) is 2. The maximum absolute atomic E-state index is 5.57. The van der Waals surface area contributed by atoms with Crippen LogP contribution in [0.2, 0.25) is 0 Å². The Labute approximate surface area is 219 Å². The van der Waals surface area contributed by atoms with Crippen LogP contribution in [0, 0.1) is 13.8 Å². The summed E-state index contributed by atoms with van der Waals surface area (Å²) in [6.07, 6.45) is 4.16. The van der Waals surface area contributed by atoms with Crippen molar-refractivity contribution < 1.29 is 4.74 Å². The lowest BCUT2D eigenvalue weighted by Gasteiger charge is -2.43. The molecule has 1 aromatic heterocycles. The first kappa shape index (κ1) is 25.0. The van der Waals surface area contributed by atoms with E-state index >= 15 is 0 Å². The van der Waals surface area contributed by atoms with Crippen LogP contribution in [0.4, 0.5) is 17.3 Å². The van der Waals surface area contributed by atoms with Crippen molar-refractivity contribution in [3.8, 4) is 5.75 Å². The van der Waals surface area contributed by atoms with E-state index in [9.17, 15) is 0 Å². The molecule has 2 aliphatic rings. The number of aromatic nitrogens is 2. The SMILES string of the molecule is C=C(c1ccc(NN)cc1C)N1CC[C@@H](N2Cc3cnc(Nc4cc(C)cc(OC)c4)nc3C2)C[C@H]1C. The summed E-state index contributed by atoms with van der Waals surface area (Å²) >= 11 is 0. The second-order valence-electron chi connectivity index (χ2n) is 10.3. The summed E-state index contributed by atoms with van der Waals surface area (Å²) in [7, 11) is 1.68. The van der Waals surface area contributed by atoms with Gasteiger partial charge in [0.25, 0.3) is 0 Å². The molecule has 1 saturated heterocycles. The van der Waals surface area contributed by atoms with E-state index in [1.165, 1.54) is 16.7 Å². The molecule has 5 rings (SSSR count). The Morgan fingerprint density at radius 2 is 1.97 bits per heavy atom. The molecule has 2 atom stereocenters. The van der Waals surface area contributed by atoms with E-state index < -0.39 is 0 Å². The molecule has 0 radical (unpaired) electrons. The third-order valence-electron chi connectivity index (χ3n) is 7.64. The number of nitrogens with two attached hydrogens (primary N) is 1. The topological polar surface area (TPSA) is 91.6 Å². The van der Waals surface area contributed by atoms with Crippen molar-refractivity contribution in [3.05, 3.63) is 77.1 Å². The lowest BCUT2D eigenvalue weighted by molar-refractivity contribution is 0.102. The van der Waals surface area contributed by atoms with Crippen LogP contribution < -0.4 is 21.3 Å². The molecule has 2 aliphatic heterocycles. The maximum atomic E-state index is 5.57. The summed E-state index contributed by atoms with van der Waals surface area (Å²) in [6.45, 7) is 13.7.